The number of nitrogens with one attached hydrogen (secondary N) is 2. The molecule has 5 heteroatoms. The van der Waals surface area contributed by atoms with E-state index >= 15 is 0 Å². The molecule has 0 atom stereocenters. The molecule has 0 radical (unpaired) electrons. The lowest BCUT2D eigenvalue weighted by Gasteiger charge is -2.15. The summed E-state index contributed by atoms with van der Waals surface area (Å²) in [6.45, 7) is 5.09. The van der Waals surface area contributed by atoms with E-state index in [9.17, 15) is 0 Å². The molecular weight excluding hydrogens is 363 g/mol. The number of guanidine groups is 1. The van der Waals surface area contributed by atoms with Crippen LogP contribution in [0, 0.1) is 0 Å². The molecule has 2 N–H and O–H groups in total. The molecule has 1 rings (SSSR count). The third kappa shape index (κ3) is 6.98. The first-order chi connectivity index (χ1) is 9.02. The van der Waals surface area contributed by atoms with Crippen LogP contribution in [0.1, 0.15) is 19.4 Å². The third-order valence-electron chi connectivity index (χ3n) is 2.81. The van der Waals surface area contributed by atoms with Gasteiger partial charge in [-0.15, -0.1) is 24.0 Å². The molecule has 0 spiro atoms. The molecule has 1 aromatic carbocycles. The Bertz CT molecular complexity index is 399. The summed E-state index contributed by atoms with van der Waals surface area (Å²) in [5.41, 5.74) is 2.56. The molecule has 0 saturated carbocycles. The van der Waals surface area contributed by atoms with Crippen LogP contribution in [-0.4, -0.2) is 39.7 Å². The van der Waals surface area contributed by atoms with Crippen LogP contribution in [0.5, 0.6) is 0 Å². The molecule has 0 fully saturated rings. The zero-order valence-corrected chi connectivity index (χ0v) is 15.4. The van der Waals surface area contributed by atoms with Gasteiger partial charge in [0.15, 0.2) is 5.96 Å². The number of hydrogen-bond donors (Lipinski definition) is 2. The third-order valence-corrected chi connectivity index (χ3v) is 2.81. The van der Waals surface area contributed by atoms with Crippen LogP contribution in [-0.2, 0) is 6.42 Å². The number of rotatable bonds is 5. The largest absolute Gasteiger partial charge is 0.378 e. The second-order valence-corrected chi connectivity index (χ2v) is 5.11. The van der Waals surface area contributed by atoms with Gasteiger partial charge in [0.1, 0.15) is 0 Å². The van der Waals surface area contributed by atoms with Crippen LogP contribution >= 0.6 is 24.0 Å². The zero-order valence-electron chi connectivity index (χ0n) is 13.1. The van der Waals surface area contributed by atoms with Crippen molar-refractivity contribution in [3.8, 4) is 0 Å². The van der Waals surface area contributed by atoms with E-state index < -0.39 is 0 Å². The van der Waals surface area contributed by atoms with Gasteiger partial charge < -0.3 is 15.5 Å². The molecule has 0 saturated heterocycles. The smallest absolute Gasteiger partial charge is 0.191 e. The van der Waals surface area contributed by atoms with Crippen molar-refractivity contribution < 1.29 is 0 Å². The summed E-state index contributed by atoms with van der Waals surface area (Å²) in [5, 5.41) is 6.59. The van der Waals surface area contributed by atoms with Gasteiger partial charge in [0.2, 0.25) is 0 Å². The number of anilines is 1. The average Bonchev–Trinajstić information content (AvgIpc) is 2.37. The van der Waals surface area contributed by atoms with Gasteiger partial charge in [-0.05, 0) is 38.0 Å². The molecule has 20 heavy (non-hydrogen) atoms. The summed E-state index contributed by atoms with van der Waals surface area (Å²) in [7, 11) is 5.90. The molecule has 0 aromatic heterocycles. The fourth-order valence-corrected chi connectivity index (χ4v) is 1.75. The summed E-state index contributed by atoms with van der Waals surface area (Å²) in [4.78, 5) is 6.29. The molecular formula is C15H27IN4. The Labute approximate surface area is 140 Å². The highest BCUT2D eigenvalue weighted by atomic mass is 127. The summed E-state index contributed by atoms with van der Waals surface area (Å²) < 4.78 is 0. The van der Waals surface area contributed by atoms with Gasteiger partial charge in [0, 0.05) is 39.4 Å². The summed E-state index contributed by atoms with van der Waals surface area (Å²) in [6, 6.07) is 9.05. The van der Waals surface area contributed by atoms with Crippen LogP contribution in [0.4, 0.5) is 5.69 Å². The van der Waals surface area contributed by atoms with E-state index in [0.29, 0.717) is 6.04 Å². The minimum atomic E-state index is 0. The fraction of sp³-hybridized carbons (Fsp3) is 0.533. The van der Waals surface area contributed by atoms with Crippen molar-refractivity contribution in [3.63, 3.8) is 0 Å². The molecule has 0 heterocycles. The monoisotopic (exact) mass is 390 g/mol. The van der Waals surface area contributed by atoms with E-state index in [1.807, 2.05) is 0 Å². The van der Waals surface area contributed by atoms with E-state index in [4.69, 9.17) is 0 Å². The first-order valence-corrected chi connectivity index (χ1v) is 6.76. The Balaban J connectivity index is 0.00000361. The summed E-state index contributed by atoms with van der Waals surface area (Å²) in [5.74, 6) is 0.861. The predicted octanol–water partition coefficient (Wildman–Crippen LogP) is 2.49. The molecule has 0 unspecified atom stereocenters. The van der Waals surface area contributed by atoms with Gasteiger partial charge in [-0.3, -0.25) is 4.99 Å². The molecule has 1 aromatic rings. The SMILES string of the molecule is CN=C(NCCc1ccc(N(C)C)cc1)NC(C)C.I. The van der Waals surface area contributed by atoms with E-state index in [1.165, 1.54) is 11.3 Å². The van der Waals surface area contributed by atoms with Crippen molar-refractivity contribution in [2.45, 2.75) is 26.3 Å². The Morgan fingerprint density at radius 3 is 2.25 bits per heavy atom. The summed E-state index contributed by atoms with van der Waals surface area (Å²) >= 11 is 0. The Morgan fingerprint density at radius 1 is 1.20 bits per heavy atom. The second-order valence-electron chi connectivity index (χ2n) is 5.11. The first kappa shape index (κ1) is 19.0. The number of halogens is 1. The maximum Gasteiger partial charge on any atom is 0.191 e. The lowest BCUT2D eigenvalue weighted by Crippen LogP contribution is -2.41. The van der Waals surface area contributed by atoms with E-state index in [1.54, 1.807) is 7.05 Å². The first-order valence-electron chi connectivity index (χ1n) is 6.76. The van der Waals surface area contributed by atoms with Gasteiger partial charge in [0.05, 0.1) is 0 Å². The van der Waals surface area contributed by atoms with Crippen LogP contribution < -0.4 is 15.5 Å². The number of hydrogen-bond acceptors (Lipinski definition) is 2. The van der Waals surface area contributed by atoms with Crippen molar-refractivity contribution in [1.82, 2.24) is 10.6 Å². The van der Waals surface area contributed by atoms with E-state index in [-0.39, 0.29) is 24.0 Å². The van der Waals surface area contributed by atoms with Crippen LogP contribution in [0.25, 0.3) is 0 Å². The van der Waals surface area contributed by atoms with Crippen LogP contribution in [0.15, 0.2) is 29.3 Å². The minimum Gasteiger partial charge on any atom is -0.378 e. The lowest BCUT2D eigenvalue weighted by atomic mass is 10.1. The van der Waals surface area contributed by atoms with Crippen molar-refractivity contribution >= 4 is 35.6 Å². The maximum absolute atomic E-state index is 4.18. The summed E-state index contributed by atoms with van der Waals surface area (Å²) in [6.07, 6.45) is 0.993. The predicted molar refractivity (Wildman–Crippen MR) is 99.5 cm³/mol. The van der Waals surface area contributed by atoms with Crippen molar-refractivity contribution in [2.75, 3.05) is 32.6 Å². The van der Waals surface area contributed by atoms with Gasteiger partial charge in [-0.25, -0.2) is 0 Å². The fourth-order valence-electron chi connectivity index (χ4n) is 1.75. The quantitative estimate of drug-likeness (QED) is 0.461. The molecule has 0 aliphatic heterocycles. The van der Waals surface area contributed by atoms with Gasteiger partial charge in [-0.2, -0.15) is 0 Å². The lowest BCUT2D eigenvalue weighted by molar-refractivity contribution is 0.698. The second kappa shape index (κ2) is 9.85. The number of nitrogens with zero attached hydrogens (tertiary/aromatic N) is 2. The number of benzene rings is 1. The van der Waals surface area contributed by atoms with Gasteiger partial charge in [-0.1, -0.05) is 12.1 Å². The van der Waals surface area contributed by atoms with Crippen LogP contribution in [0.3, 0.4) is 0 Å². The normalized spacial score (nSPS) is 11.0. The zero-order chi connectivity index (χ0) is 14.3. The Morgan fingerprint density at radius 2 is 1.80 bits per heavy atom. The highest BCUT2D eigenvalue weighted by Gasteiger charge is 2.00. The topological polar surface area (TPSA) is 39.7 Å². The maximum atomic E-state index is 4.18. The van der Waals surface area contributed by atoms with E-state index in [2.05, 4.69) is 72.7 Å². The van der Waals surface area contributed by atoms with Crippen molar-refractivity contribution in [1.29, 1.82) is 0 Å². The molecule has 0 bridgehead atoms. The Kier molecular flexibility index (Phi) is 9.37. The highest BCUT2D eigenvalue weighted by molar-refractivity contribution is 14.0. The van der Waals surface area contributed by atoms with E-state index in [0.717, 1.165) is 18.9 Å². The van der Waals surface area contributed by atoms with Gasteiger partial charge in [0.25, 0.3) is 0 Å². The standard InChI is InChI=1S/C15H26N4.HI/c1-12(2)18-15(16-3)17-11-10-13-6-8-14(9-7-13)19(4)5;/h6-9,12H,10-11H2,1-5H3,(H2,16,17,18);1H. The Hall–Kier alpha value is -0.980. The molecule has 0 amide bonds. The van der Waals surface area contributed by atoms with Crippen molar-refractivity contribution in [3.05, 3.63) is 29.8 Å². The van der Waals surface area contributed by atoms with Gasteiger partial charge >= 0.3 is 0 Å². The highest BCUT2D eigenvalue weighted by Crippen LogP contribution is 2.12. The minimum absolute atomic E-state index is 0. The van der Waals surface area contributed by atoms with Crippen LogP contribution in [0.2, 0.25) is 0 Å². The molecule has 0 aliphatic carbocycles. The number of aliphatic imine (C=N–C) groups is 1. The molecule has 4 nitrogen and oxygen atoms in total. The molecule has 114 valence electrons. The molecule has 0 aliphatic rings. The van der Waals surface area contributed by atoms with Crippen molar-refractivity contribution in [2.24, 2.45) is 4.99 Å². The average molecular weight is 390 g/mol.